The minimum atomic E-state index is -0.579. The van der Waals surface area contributed by atoms with Crippen molar-refractivity contribution in [3.05, 3.63) is 59.1 Å². The number of para-hydroxylation sites is 2. The van der Waals surface area contributed by atoms with Crippen molar-refractivity contribution < 1.29 is 14.3 Å². The fraction of sp³-hybridized carbons (Fsp3) is 0.150. The number of methoxy groups -OCH3 is 1. The summed E-state index contributed by atoms with van der Waals surface area (Å²) in [5, 5.41) is 0.539. The lowest BCUT2D eigenvalue weighted by molar-refractivity contribution is 0.0391. The van der Waals surface area contributed by atoms with E-state index in [1.54, 1.807) is 22.8 Å². The Balaban J connectivity index is 1.98. The van der Waals surface area contributed by atoms with Crippen LogP contribution in [0.4, 0.5) is 5.82 Å². The molecule has 0 aliphatic carbocycles. The number of carbonyl (C=O) groups is 1. The topological polar surface area (TPSA) is 92.3 Å². The Kier molecular flexibility index (Phi) is 4.85. The molecule has 2 heterocycles. The van der Waals surface area contributed by atoms with Crippen molar-refractivity contribution in [1.82, 2.24) is 14.5 Å². The molecule has 4 aromatic rings. The van der Waals surface area contributed by atoms with Crippen molar-refractivity contribution in [3.8, 4) is 5.69 Å². The molecule has 0 unspecified atom stereocenters. The summed E-state index contributed by atoms with van der Waals surface area (Å²) >= 11 is 6.15. The number of benzene rings is 2. The van der Waals surface area contributed by atoms with Crippen LogP contribution in [0.1, 0.15) is 10.4 Å². The minimum absolute atomic E-state index is 0.111. The van der Waals surface area contributed by atoms with Gasteiger partial charge in [-0.2, -0.15) is 0 Å². The van der Waals surface area contributed by atoms with Crippen LogP contribution in [-0.2, 0) is 9.47 Å². The number of fused-ring (bicyclic) bond motifs is 2. The molecule has 0 aliphatic heterocycles. The number of nitrogens with zero attached hydrogens (tertiary/aromatic N) is 3. The van der Waals surface area contributed by atoms with Crippen molar-refractivity contribution in [2.45, 2.75) is 0 Å². The van der Waals surface area contributed by atoms with Gasteiger partial charge in [0.25, 0.3) is 0 Å². The number of hydrogen-bond donors (Lipinski definition) is 1. The third-order valence-corrected chi connectivity index (χ3v) is 4.52. The second kappa shape index (κ2) is 7.46. The van der Waals surface area contributed by atoms with E-state index in [0.29, 0.717) is 32.9 Å². The normalized spacial score (nSPS) is 11.2. The van der Waals surface area contributed by atoms with Gasteiger partial charge in [0.15, 0.2) is 5.65 Å². The van der Waals surface area contributed by atoms with E-state index in [9.17, 15) is 4.79 Å². The summed E-state index contributed by atoms with van der Waals surface area (Å²) in [6.07, 6.45) is 0. The van der Waals surface area contributed by atoms with Crippen LogP contribution in [-0.4, -0.2) is 40.8 Å². The van der Waals surface area contributed by atoms with Crippen LogP contribution in [0.3, 0.4) is 0 Å². The van der Waals surface area contributed by atoms with E-state index in [1.807, 2.05) is 30.3 Å². The van der Waals surface area contributed by atoms with E-state index in [4.69, 9.17) is 26.8 Å². The van der Waals surface area contributed by atoms with E-state index in [0.717, 1.165) is 0 Å². The number of anilines is 1. The SMILES string of the molecule is COCCOC(=O)c1c(N)n(-c2cccc(Cl)c2)c2nc3ccccc3nc12. The fourth-order valence-corrected chi connectivity index (χ4v) is 3.21. The average molecular weight is 397 g/mol. The fourth-order valence-electron chi connectivity index (χ4n) is 3.03. The number of ether oxygens (including phenoxy) is 2. The third-order valence-electron chi connectivity index (χ3n) is 4.29. The lowest BCUT2D eigenvalue weighted by Gasteiger charge is -2.08. The van der Waals surface area contributed by atoms with E-state index in [-0.39, 0.29) is 24.6 Å². The number of halogens is 1. The molecule has 8 heteroatoms. The predicted molar refractivity (Wildman–Crippen MR) is 108 cm³/mol. The van der Waals surface area contributed by atoms with E-state index < -0.39 is 5.97 Å². The molecule has 4 rings (SSSR count). The van der Waals surface area contributed by atoms with E-state index in [1.165, 1.54) is 7.11 Å². The molecule has 0 bridgehead atoms. The first kappa shape index (κ1) is 18.2. The molecular formula is C20H17ClN4O3. The monoisotopic (exact) mass is 396 g/mol. The third kappa shape index (κ3) is 3.15. The summed E-state index contributed by atoms with van der Waals surface area (Å²) in [6, 6.07) is 14.5. The molecule has 2 N–H and O–H groups in total. The summed E-state index contributed by atoms with van der Waals surface area (Å²) in [5.74, 6) is -0.389. The molecule has 0 atom stereocenters. The average Bonchev–Trinajstić information content (AvgIpc) is 2.97. The maximum absolute atomic E-state index is 12.7. The first-order valence-electron chi connectivity index (χ1n) is 8.59. The van der Waals surface area contributed by atoms with Gasteiger partial charge < -0.3 is 15.2 Å². The van der Waals surface area contributed by atoms with Crippen molar-refractivity contribution in [2.24, 2.45) is 0 Å². The zero-order valence-electron chi connectivity index (χ0n) is 15.1. The quantitative estimate of drug-likeness (QED) is 0.409. The second-order valence-electron chi connectivity index (χ2n) is 6.09. The molecular weight excluding hydrogens is 380 g/mol. The summed E-state index contributed by atoms with van der Waals surface area (Å²) < 4.78 is 11.9. The van der Waals surface area contributed by atoms with Gasteiger partial charge in [0.2, 0.25) is 0 Å². The van der Waals surface area contributed by atoms with Crippen molar-refractivity contribution in [1.29, 1.82) is 0 Å². The molecule has 2 aromatic heterocycles. The number of rotatable bonds is 5. The highest BCUT2D eigenvalue weighted by Gasteiger charge is 2.26. The molecule has 0 aliphatic rings. The molecule has 0 saturated heterocycles. The number of esters is 1. The van der Waals surface area contributed by atoms with Gasteiger partial charge in [-0.05, 0) is 30.3 Å². The van der Waals surface area contributed by atoms with Crippen molar-refractivity contribution in [3.63, 3.8) is 0 Å². The number of nitrogen functional groups attached to an aromatic ring is 1. The van der Waals surface area contributed by atoms with Crippen LogP contribution < -0.4 is 5.73 Å². The Hall–Kier alpha value is -3.16. The van der Waals surface area contributed by atoms with Crippen molar-refractivity contribution in [2.75, 3.05) is 26.1 Å². The molecule has 2 aromatic carbocycles. The Morgan fingerprint density at radius 2 is 1.86 bits per heavy atom. The van der Waals surface area contributed by atoms with E-state index >= 15 is 0 Å². The Morgan fingerprint density at radius 3 is 2.57 bits per heavy atom. The first-order valence-corrected chi connectivity index (χ1v) is 8.96. The molecule has 28 heavy (non-hydrogen) atoms. The van der Waals surface area contributed by atoms with Gasteiger partial charge in [-0.3, -0.25) is 4.57 Å². The highest BCUT2D eigenvalue weighted by Crippen LogP contribution is 2.32. The summed E-state index contributed by atoms with van der Waals surface area (Å²) in [7, 11) is 1.53. The van der Waals surface area contributed by atoms with Gasteiger partial charge in [0.05, 0.1) is 23.3 Å². The number of carbonyl (C=O) groups excluding carboxylic acids is 1. The van der Waals surface area contributed by atoms with Crippen LogP contribution >= 0.6 is 11.6 Å². The molecule has 0 saturated carbocycles. The predicted octanol–water partition coefficient (Wildman–Crippen LogP) is 3.61. The molecule has 142 valence electrons. The van der Waals surface area contributed by atoms with Crippen LogP contribution in [0.2, 0.25) is 5.02 Å². The highest BCUT2D eigenvalue weighted by atomic mass is 35.5. The number of aromatic nitrogens is 3. The van der Waals surface area contributed by atoms with Gasteiger partial charge in [-0.25, -0.2) is 14.8 Å². The Morgan fingerprint density at radius 1 is 1.11 bits per heavy atom. The lowest BCUT2D eigenvalue weighted by Crippen LogP contribution is -2.12. The Bertz CT molecular complexity index is 1190. The zero-order valence-corrected chi connectivity index (χ0v) is 15.8. The highest BCUT2D eigenvalue weighted by molar-refractivity contribution is 6.30. The van der Waals surface area contributed by atoms with Crippen LogP contribution in [0.5, 0.6) is 0 Å². The molecule has 0 spiro atoms. The molecule has 0 amide bonds. The Labute approximate surface area is 165 Å². The summed E-state index contributed by atoms with van der Waals surface area (Å²) in [4.78, 5) is 22.1. The largest absolute Gasteiger partial charge is 0.459 e. The van der Waals surface area contributed by atoms with Crippen molar-refractivity contribution >= 4 is 45.6 Å². The smallest absolute Gasteiger partial charge is 0.344 e. The second-order valence-corrected chi connectivity index (χ2v) is 6.53. The standard InChI is InChI=1S/C20H17ClN4O3/c1-27-9-10-28-20(26)16-17-19(24-15-8-3-2-7-14(15)23-17)25(18(16)22)13-6-4-5-12(21)11-13/h2-8,11H,9-10,22H2,1H3. The molecule has 0 fully saturated rings. The number of hydrogen-bond acceptors (Lipinski definition) is 6. The van der Waals surface area contributed by atoms with Crippen LogP contribution in [0, 0.1) is 0 Å². The first-order chi connectivity index (χ1) is 13.6. The lowest BCUT2D eigenvalue weighted by atomic mass is 10.2. The van der Waals surface area contributed by atoms with Gasteiger partial charge in [0, 0.05) is 12.1 Å². The zero-order chi connectivity index (χ0) is 19.7. The minimum Gasteiger partial charge on any atom is -0.459 e. The molecule has 0 radical (unpaired) electrons. The van der Waals surface area contributed by atoms with Gasteiger partial charge >= 0.3 is 5.97 Å². The van der Waals surface area contributed by atoms with Gasteiger partial charge in [0.1, 0.15) is 23.5 Å². The maximum Gasteiger partial charge on any atom is 0.344 e. The summed E-state index contributed by atoms with van der Waals surface area (Å²) in [6.45, 7) is 0.396. The molecule has 7 nitrogen and oxygen atoms in total. The van der Waals surface area contributed by atoms with Gasteiger partial charge in [-0.1, -0.05) is 29.8 Å². The van der Waals surface area contributed by atoms with Crippen LogP contribution in [0.25, 0.3) is 27.9 Å². The maximum atomic E-state index is 12.7. The van der Waals surface area contributed by atoms with E-state index in [2.05, 4.69) is 9.97 Å². The summed E-state index contributed by atoms with van der Waals surface area (Å²) in [5.41, 5.74) is 9.40. The number of nitrogens with two attached hydrogens (primary N) is 1. The van der Waals surface area contributed by atoms with Crippen LogP contribution in [0.15, 0.2) is 48.5 Å². The van der Waals surface area contributed by atoms with Gasteiger partial charge in [-0.15, -0.1) is 0 Å².